The molecule has 1 rings (SSSR count). The second-order valence-corrected chi connectivity index (χ2v) is 2.70. The molecule has 0 radical (unpaired) electrons. The van der Waals surface area contributed by atoms with Crippen molar-refractivity contribution >= 4 is 5.97 Å². The summed E-state index contributed by atoms with van der Waals surface area (Å²) in [5, 5.41) is 8.35. The molecule has 1 aliphatic rings. The third-order valence-corrected chi connectivity index (χ3v) is 1.84. The highest BCUT2D eigenvalue weighted by Crippen LogP contribution is 2.21. The fourth-order valence-corrected chi connectivity index (χ4v) is 1.24. The van der Waals surface area contributed by atoms with Crippen molar-refractivity contribution in [2.24, 2.45) is 5.92 Å². The zero-order chi connectivity index (χ0) is 7.40. The maximum absolute atomic E-state index is 10.1. The van der Waals surface area contributed by atoms with Gasteiger partial charge in [0.2, 0.25) is 0 Å². The Hall–Kier alpha value is -0.790. The van der Waals surface area contributed by atoms with Gasteiger partial charge in [0.25, 0.3) is 0 Å². The normalized spacial score (nSPS) is 23.4. The minimum absolute atomic E-state index is 0.314. The molecule has 0 amide bonds. The minimum atomic E-state index is -0.680. The summed E-state index contributed by atoms with van der Waals surface area (Å²) in [6.45, 7) is 0. The standard InChI is InChI=1S/C8H12O2/c9-8(10)6-5-7-3-1-2-4-7/h1,3,7H,2,4-6H2,(H,9,10). The highest BCUT2D eigenvalue weighted by atomic mass is 16.4. The van der Waals surface area contributed by atoms with Crippen LogP contribution < -0.4 is 0 Å². The first-order valence-electron chi connectivity index (χ1n) is 3.67. The van der Waals surface area contributed by atoms with Crippen LogP contribution in [-0.4, -0.2) is 11.1 Å². The number of allylic oxidation sites excluding steroid dienone is 2. The van der Waals surface area contributed by atoms with Crippen LogP contribution >= 0.6 is 0 Å². The summed E-state index contributed by atoms with van der Waals surface area (Å²) in [5.41, 5.74) is 0. The van der Waals surface area contributed by atoms with Crippen LogP contribution in [0, 0.1) is 5.92 Å². The topological polar surface area (TPSA) is 37.3 Å². The van der Waals surface area contributed by atoms with Crippen LogP contribution in [0.4, 0.5) is 0 Å². The Balaban J connectivity index is 2.13. The molecule has 0 aromatic carbocycles. The van der Waals surface area contributed by atoms with Gasteiger partial charge in [-0.15, -0.1) is 0 Å². The molecule has 2 heteroatoms. The number of hydrogen-bond donors (Lipinski definition) is 1. The first kappa shape index (κ1) is 7.32. The van der Waals surface area contributed by atoms with Gasteiger partial charge in [-0.2, -0.15) is 0 Å². The highest BCUT2D eigenvalue weighted by Gasteiger charge is 2.09. The molecular weight excluding hydrogens is 128 g/mol. The van der Waals surface area contributed by atoms with E-state index in [1.54, 1.807) is 0 Å². The maximum Gasteiger partial charge on any atom is 0.303 e. The van der Waals surface area contributed by atoms with Crippen molar-refractivity contribution in [3.63, 3.8) is 0 Å². The third kappa shape index (κ3) is 2.21. The minimum Gasteiger partial charge on any atom is -0.481 e. The quantitative estimate of drug-likeness (QED) is 0.607. The van der Waals surface area contributed by atoms with E-state index >= 15 is 0 Å². The second kappa shape index (κ2) is 3.40. The van der Waals surface area contributed by atoms with E-state index in [4.69, 9.17) is 5.11 Å². The molecule has 0 aromatic rings. The van der Waals surface area contributed by atoms with E-state index in [1.807, 2.05) is 0 Å². The monoisotopic (exact) mass is 140 g/mol. The summed E-state index contributed by atoms with van der Waals surface area (Å²) >= 11 is 0. The Labute approximate surface area is 60.6 Å². The molecule has 0 bridgehead atoms. The van der Waals surface area contributed by atoms with Crippen molar-refractivity contribution < 1.29 is 9.90 Å². The van der Waals surface area contributed by atoms with E-state index in [1.165, 1.54) is 0 Å². The van der Waals surface area contributed by atoms with E-state index in [2.05, 4.69) is 12.2 Å². The van der Waals surface area contributed by atoms with E-state index < -0.39 is 5.97 Å². The molecule has 0 aliphatic heterocycles. The van der Waals surface area contributed by atoms with Crippen molar-refractivity contribution in [2.75, 3.05) is 0 Å². The largest absolute Gasteiger partial charge is 0.481 e. The van der Waals surface area contributed by atoms with Crippen molar-refractivity contribution in [2.45, 2.75) is 25.7 Å². The Morgan fingerprint density at radius 2 is 2.50 bits per heavy atom. The van der Waals surface area contributed by atoms with Gasteiger partial charge in [-0.25, -0.2) is 0 Å². The van der Waals surface area contributed by atoms with Gasteiger partial charge in [0.1, 0.15) is 0 Å². The van der Waals surface area contributed by atoms with Crippen LogP contribution in [0.5, 0.6) is 0 Å². The summed E-state index contributed by atoms with van der Waals surface area (Å²) in [4.78, 5) is 10.1. The molecule has 0 spiro atoms. The fraction of sp³-hybridized carbons (Fsp3) is 0.625. The van der Waals surface area contributed by atoms with Gasteiger partial charge < -0.3 is 5.11 Å². The summed E-state index contributed by atoms with van der Waals surface area (Å²) in [6, 6.07) is 0. The molecule has 0 heterocycles. The van der Waals surface area contributed by atoms with Gasteiger partial charge in [0.15, 0.2) is 0 Å². The lowest BCUT2D eigenvalue weighted by Gasteiger charge is -2.02. The van der Waals surface area contributed by atoms with E-state index in [0.717, 1.165) is 19.3 Å². The zero-order valence-electron chi connectivity index (χ0n) is 5.92. The molecule has 0 saturated heterocycles. The van der Waals surface area contributed by atoms with E-state index in [0.29, 0.717) is 12.3 Å². The maximum atomic E-state index is 10.1. The number of rotatable bonds is 3. The lowest BCUT2D eigenvalue weighted by molar-refractivity contribution is -0.137. The van der Waals surface area contributed by atoms with Crippen LogP contribution in [-0.2, 0) is 4.79 Å². The Morgan fingerprint density at radius 1 is 1.70 bits per heavy atom. The summed E-state index contributed by atoms with van der Waals surface area (Å²) in [7, 11) is 0. The molecule has 0 fully saturated rings. The van der Waals surface area contributed by atoms with Crippen molar-refractivity contribution in [1.82, 2.24) is 0 Å². The molecule has 0 saturated carbocycles. The van der Waals surface area contributed by atoms with Gasteiger partial charge >= 0.3 is 5.97 Å². The molecule has 0 aromatic heterocycles. The van der Waals surface area contributed by atoms with E-state index in [-0.39, 0.29) is 0 Å². The second-order valence-electron chi connectivity index (χ2n) is 2.70. The Bertz CT molecular complexity index is 149. The van der Waals surface area contributed by atoms with E-state index in [9.17, 15) is 4.79 Å². The first-order valence-corrected chi connectivity index (χ1v) is 3.67. The van der Waals surface area contributed by atoms with Gasteiger partial charge in [0, 0.05) is 6.42 Å². The number of aliphatic carboxylic acids is 1. The van der Waals surface area contributed by atoms with Crippen LogP contribution in [0.1, 0.15) is 25.7 Å². The smallest absolute Gasteiger partial charge is 0.303 e. The van der Waals surface area contributed by atoms with Gasteiger partial charge in [-0.3, -0.25) is 4.79 Å². The Morgan fingerprint density at radius 3 is 3.00 bits per heavy atom. The summed E-state index contributed by atoms with van der Waals surface area (Å²) in [6.07, 6.45) is 7.66. The molecular formula is C8H12O2. The van der Waals surface area contributed by atoms with Crippen LogP contribution in [0.3, 0.4) is 0 Å². The third-order valence-electron chi connectivity index (χ3n) is 1.84. The number of carbonyl (C=O) groups is 1. The average molecular weight is 140 g/mol. The highest BCUT2D eigenvalue weighted by molar-refractivity contribution is 5.66. The molecule has 2 nitrogen and oxygen atoms in total. The van der Waals surface area contributed by atoms with Crippen molar-refractivity contribution in [3.8, 4) is 0 Å². The van der Waals surface area contributed by atoms with Crippen LogP contribution in [0.25, 0.3) is 0 Å². The zero-order valence-corrected chi connectivity index (χ0v) is 5.92. The summed E-state index contributed by atoms with van der Waals surface area (Å²) < 4.78 is 0. The number of hydrogen-bond acceptors (Lipinski definition) is 1. The Kier molecular flexibility index (Phi) is 2.49. The lowest BCUT2D eigenvalue weighted by atomic mass is 10.0. The first-order chi connectivity index (χ1) is 4.79. The van der Waals surface area contributed by atoms with Gasteiger partial charge in [-0.1, -0.05) is 12.2 Å². The predicted octanol–water partition coefficient (Wildman–Crippen LogP) is 1.82. The van der Waals surface area contributed by atoms with Crippen LogP contribution in [0.2, 0.25) is 0 Å². The lowest BCUT2D eigenvalue weighted by Crippen LogP contribution is -1.99. The van der Waals surface area contributed by atoms with Crippen molar-refractivity contribution in [1.29, 1.82) is 0 Å². The summed E-state index contributed by atoms with van der Waals surface area (Å²) in [5.74, 6) is -0.142. The SMILES string of the molecule is O=C(O)CCC1C=CCC1. The van der Waals surface area contributed by atoms with Gasteiger partial charge in [-0.05, 0) is 25.2 Å². The molecule has 1 unspecified atom stereocenters. The molecule has 1 atom stereocenters. The average Bonchev–Trinajstić information content (AvgIpc) is 2.34. The van der Waals surface area contributed by atoms with Gasteiger partial charge in [0.05, 0.1) is 0 Å². The van der Waals surface area contributed by atoms with Crippen LogP contribution in [0.15, 0.2) is 12.2 Å². The molecule has 1 N–H and O–H groups in total. The molecule has 56 valence electrons. The molecule has 1 aliphatic carbocycles. The molecule has 10 heavy (non-hydrogen) atoms. The van der Waals surface area contributed by atoms with Crippen molar-refractivity contribution in [3.05, 3.63) is 12.2 Å². The number of carboxylic acids is 1. The predicted molar refractivity (Wildman–Crippen MR) is 38.7 cm³/mol. The number of carboxylic acid groups (broad SMARTS) is 1. The fourth-order valence-electron chi connectivity index (χ4n) is 1.24.